The molecule has 0 amide bonds. The van der Waals surface area contributed by atoms with Gasteiger partial charge >= 0.3 is 5.97 Å². The first-order valence-electron chi connectivity index (χ1n) is 6.04. The predicted octanol–water partition coefficient (Wildman–Crippen LogP) is 0.853. The molecule has 20 heavy (non-hydrogen) atoms. The van der Waals surface area contributed by atoms with Gasteiger partial charge in [0.2, 0.25) is 10.0 Å². The first-order valence-corrected chi connectivity index (χ1v) is 7.48. The van der Waals surface area contributed by atoms with Crippen molar-refractivity contribution in [1.82, 2.24) is 9.29 Å². The van der Waals surface area contributed by atoms with Gasteiger partial charge in [0.15, 0.2) is 0 Å². The van der Waals surface area contributed by atoms with Crippen LogP contribution in [0.4, 0.5) is 5.82 Å². The molecule has 0 radical (unpaired) electrons. The van der Waals surface area contributed by atoms with Gasteiger partial charge in [-0.15, -0.1) is 0 Å². The quantitative estimate of drug-likeness (QED) is 0.808. The number of nitrogens with zero attached hydrogens (tertiary/aromatic N) is 2. The highest BCUT2D eigenvalue weighted by Gasteiger charge is 2.20. The summed E-state index contributed by atoms with van der Waals surface area (Å²) < 4.78 is 24.8. The topological polar surface area (TPSA) is 99.6 Å². The van der Waals surface area contributed by atoms with Gasteiger partial charge in [0.05, 0.1) is 5.92 Å². The Balaban J connectivity index is 2.85. The lowest BCUT2D eigenvalue weighted by molar-refractivity contribution is -0.141. The molecule has 2 atom stereocenters. The number of carbonyl (C=O) groups is 1. The number of anilines is 1. The van der Waals surface area contributed by atoms with E-state index in [4.69, 9.17) is 5.11 Å². The summed E-state index contributed by atoms with van der Waals surface area (Å²) >= 11 is 0. The van der Waals surface area contributed by atoms with Crippen LogP contribution in [0.15, 0.2) is 23.2 Å². The Labute approximate surface area is 118 Å². The minimum atomic E-state index is -3.50. The smallest absolute Gasteiger partial charge is 0.308 e. The molecule has 0 fully saturated rings. The van der Waals surface area contributed by atoms with Crippen molar-refractivity contribution in [2.45, 2.75) is 24.8 Å². The third-order valence-electron chi connectivity index (χ3n) is 3.03. The van der Waals surface area contributed by atoms with Crippen LogP contribution >= 0.6 is 0 Å². The summed E-state index contributed by atoms with van der Waals surface area (Å²) in [5.41, 5.74) is 0. The summed E-state index contributed by atoms with van der Waals surface area (Å²) in [7, 11) is -0.618. The summed E-state index contributed by atoms with van der Waals surface area (Å²) in [5.74, 6) is -1.05. The molecule has 0 saturated heterocycles. The van der Waals surface area contributed by atoms with Crippen LogP contribution in [0.25, 0.3) is 0 Å². The van der Waals surface area contributed by atoms with Crippen LogP contribution in [-0.4, -0.2) is 48.9 Å². The van der Waals surface area contributed by atoms with Gasteiger partial charge in [-0.25, -0.2) is 17.7 Å². The Hall–Kier alpha value is -1.67. The average Bonchev–Trinajstić information content (AvgIpc) is 2.38. The van der Waals surface area contributed by atoms with E-state index in [0.717, 1.165) is 4.31 Å². The van der Waals surface area contributed by atoms with E-state index in [2.05, 4.69) is 10.3 Å². The largest absolute Gasteiger partial charge is 0.481 e. The van der Waals surface area contributed by atoms with E-state index in [1.165, 1.54) is 32.4 Å². The third-order valence-corrected chi connectivity index (χ3v) is 4.83. The second-order valence-electron chi connectivity index (χ2n) is 4.73. The highest BCUT2D eigenvalue weighted by atomic mass is 32.2. The van der Waals surface area contributed by atoms with E-state index >= 15 is 0 Å². The van der Waals surface area contributed by atoms with E-state index in [0.29, 0.717) is 5.82 Å². The maximum atomic E-state index is 11.9. The summed E-state index contributed by atoms with van der Waals surface area (Å²) in [6, 6.07) is 2.63. The van der Waals surface area contributed by atoms with E-state index in [-0.39, 0.29) is 10.9 Å². The lowest BCUT2D eigenvalue weighted by Gasteiger charge is -2.18. The molecule has 1 aromatic rings. The van der Waals surface area contributed by atoms with Gasteiger partial charge in [-0.2, -0.15) is 0 Å². The molecule has 0 aliphatic heterocycles. The number of nitrogens with one attached hydrogen (secondary N) is 1. The molecule has 0 aliphatic carbocycles. The molecule has 0 aromatic carbocycles. The summed E-state index contributed by atoms with van der Waals surface area (Å²) in [6.07, 6.45) is 1.25. The minimum Gasteiger partial charge on any atom is -0.481 e. The van der Waals surface area contributed by atoms with Gasteiger partial charge in [-0.3, -0.25) is 4.79 Å². The number of aromatic nitrogens is 1. The zero-order chi connectivity index (χ0) is 15.5. The number of carboxylic acids is 1. The fourth-order valence-electron chi connectivity index (χ4n) is 1.40. The highest BCUT2D eigenvalue weighted by Crippen LogP contribution is 2.15. The van der Waals surface area contributed by atoms with E-state index in [1.807, 2.05) is 0 Å². The molecule has 2 N–H and O–H groups in total. The Morgan fingerprint density at radius 1 is 1.35 bits per heavy atom. The standard InChI is InChI=1S/C12H19N3O4S/c1-8(12(16)17)9(2)14-11-6-5-10(7-13-11)20(18,19)15(3)4/h5-9H,1-4H3,(H,13,14)(H,16,17). The summed E-state index contributed by atoms with van der Waals surface area (Å²) in [5, 5.41) is 11.8. The molecule has 1 rings (SSSR count). The van der Waals surface area contributed by atoms with E-state index in [9.17, 15) is 13.2 Å². The number of hydrogen-bond donors (Lipinski definition) is 2. The third kappa shape index (κ3) is 3.67. The Morgan fingerprint density at radius 2 is 1.95 bits per heavy atom. The van der Waals surface area contributed by atoms with E-state index in [1.54, 1.807) is 13.8 Å². The van der Waals surface area contributed by atoms with Crippen LogP contribution < -0.4 is 5.32 Å². The van der Waals surface area contributed by atoms with Crippen molar-refractivity contribution in [1.29, 1.82) is 0 Å². The van der Waals surface area contributed by atoms with Gasteiger partial charge in [-0.05, 0) is 26.0 Å². The van der Waals surface area contributed by atoms with Gasteiger partial charge in [0.25, 0.3) is 0 Å². The van der Waals surface area contributed by atoms with Crippen LogP contribution in [-0.2, 0) is 14.8 Å². The van der Waals surface area contributed by atoms with Crippen molar-refractivity contribution in [2.24, 2.45) is 5.92 Å². The maximum absolute atomic E-state index is 11.9. The molecule has 2 unspecified atom stereocenters. The van der Waals surface area contributed by atoms with Gasteiger partial charge in [0.1, 0.15) is 10.7 Å². The first kappa shape index (κ1) is 16.4. The van der Waals surface area contributed by atoms with Gasteiger partial charge in [-0.1, -0.05) is 0 Å². The molecule has 112 valence electrons. The van der Waals surface area contributed by atoms with Crippen LogP contribution in [0, 0.1) is 5.92 Å². The zero-order valence-corrected chi connectivity index (χ0v) is 12.7. The predicted molar refractivity (Wildman–Crippen MR) is 75.0 cm³/mol. The van der Waals surface area contributed by atoms with Crippen molar-refractivity contribution in [3.05, 3.63) is 18.3 Å². The minimum absolute atomic E-state index is 0.0898. The molecule has 8 heteroatoms. The number of pyridine rings is 1. The normalized spacial score (nSPS) is 14.8. The lowest BCUT2D eigenvalue weighted by Crippen LogP contribution is -2.30. The van der Waals surface area contributed by atoms with Crippen LogP contribution in [0.2, 0.25) is 0 Å². The molecule has 0 aliphatic rings. The second kappa shape index (κ2) is 6.19. The Bertz CT molecular complexity index is 569. The van der Waals surface area contributed by atoms with Crippen molar-refractivity contribution in [3.63, 3.8) is 0 Å². The van der Waals surface area contributed by atoms with Crippen molar-refractivity contribution in [3.8, 4) is 0 Å². The molecule has 1 heterocycles. The Kier molecular flexibility index (Phi) is 5.07. The number of aliphatic carboxylic acids is 1. The average molecular weight is 301 g/mol. The number of rotatable bonds is 6. The molecule has 0 bridgehead atoms. The number of hydrogen-bond acceptors (Lipinski definition) is 5. The molecular weight excluding hydrogens is 282 g/mol. The monoisotopic (exact) mass is 301 g/mol. The van der Waals surface area contributed by atoms with Crippen molar-refractivity contribution >= 4 is 21.8 Å². The van der Waals surface area contributed by atoms with Crippen molar-refractivity contribution < 1.29 is 18.3 Å². The highest BCUT2D eigenvalue weighted by molar-refractivity contribution is 7.89. The summed E-state index contributed by atoms with van der Waals surface area (Å²) in [4.78, 5) is 14.9. The second-order valence-corrected chi connectivity index (χ2v) is 6.88. The molecule has 7 nitrogen and oxygen atoms in total. The van der Waals surface area contributed by atoms with Crippen molar-refractivity contribution in [2.75, 3.05) is 19.4 Å². The van der Waals surface area contributed by atoms with Crippen LogP contribution in [0.1, 0.15) is 13.8 Å². The Morgan fingerprint density at radius 3 is 2.35 bits per heavy atom. The number of sulfonamides is 1. The molecule has 0 spiro atoms. The van der Waals surface area contributed by atoms with Crippen LogP contribution in [0.5, 0.6) is 0 Å². The van der Waals surface area contributed by atoms with Gasteiger partial charge < -0.3 is 10.4 Å². The summed E-state index contributed by atoms with van der Waals surface area (Å²) in [6.45, 7) is 3.32. The fourth-order valence-corrected chi connectivity index (χ4v) is 2.25. The van der Waals surface area contributed by atoms with Crippen LogP contribution in [0.3, 0.4) is 0 Å². The zero-order valence-electron chi connectivity index (χ0n) is 11.9. The fraction of sp³-hybridized carbons (Fsp3) is 0.500. The lowest BCUT2D eigenvalue weighted by atomic mass is 10.0. The molecular formula is C12H19N3O4S. The van der Waals surface area contributed by atoms with Gasteiger partial charge in [0, 0.05) is 26.3 Å². The SMILES string of the molecule is CC(Nc1ccc(S(=O)(=O)N(C)C)cn1)C(C)C(=O)O. The molecule has 0 saturated carbocycles. The molecule has 1 aromatic heterocycles. The first-order chi connectivity index (χ1) is 9.16. The maximum Gasteiger partial charge on any atom is 0.308 e. The number of carboxylic acid groups (broad SMARTS) is 1. The van der Waals surface area contributed by atoms with E-state index < -0.39 is 21.9 Å².